The van der Waals surface area contributed by atoms with E-state index in [1.807, 2.05) is 13.8 Å². The van der Waals surface area contributed by atoms with Crippen molar-refractivity contribution in [3.63, 3.8) is 0 Å². The Morgan fingerprint density at radius 1 is 1.33 bits per heavy atom. The van der Waals surface area contributed by atoms with Gasteiger partial charge in [-0.2, -0.15) is 0 Å². The quantitative estimate of drug-likeness (QED) is 0.705. The Bertz CT molecular complexity index is 279. The molecular weight excluding hydrogens is 198 g/mol. The van der Waals surface area contributed by atoms with Gasteiger partial charge in [0.15, 0.2) is 17.9 Å². The molecule has 2 rings (SSSR count). The second-order valence-corrected chi connectivity index (χ2v) is 4.45. The lowest BCUT2D eigenvalue weighted by molar-refractivity contribution is -0.207. The van der Waals surface area contributed by atoms with E-state index in [0.29, 0.717) is 0 Å². The van der Waals surface area contributed by atoms with E-state index in [1.165, 1.54) is 6.92 Å². The average molecular weight is 215 g/mol. The van der Waals surface area contributed by atoms with Crippen LogP contribution in [0.5, 0.6) is 0 Å². The molecule has 0 aromatic rings. The van der Waals surface area contributed by atoms with Gasteiger partial charge >= 0.3 is 0 Å². The molecule has 0 radical (unpaired) electrons. The van der Waals surface area contributed by atoms with Crippen LogP contribution in [0.15, 0.2) is 0 Å². The molecule has 0 aliphatic carbocycles. The molecule has 0 saturated carbocycles. The highest BCUT2D eigenvalue weighted by Crippen LogP contribution is 2.37. The summed E-state index contributed by atoms with van der Waals surface area (Å²) in [5, 5.41) is 3.05. The van der Waals surface area contributed by atoms with Crippen LogP contribution in [0.3, 0.4) is 0 Å². The van der Waals surface area contributed by atoms with Crippen molar-refractivity contribution in [1.29, 1.82) is 0 Å². The van der Waals surface area contributed by atoms with E-state index < -0.39 is 18.2 Å². The molecule has 15 heavy (non-hydrogen) atoms. The third kappa shape index (κ3) is 1.80. The van der Waals surface area contributed by atoms with Crippen LogP contribution in [0.4, 0.5) is 0 Å². The topological polar surface area (TPSA) is 56.8 Å². The van der Waals surface area contributed by atoms with Gasteiger partial charge in [-0.25, -0.2) is 0 Å². The average Bonchev–Trinajstić information content (AvgIpc) is 2.55. The van der Waals surface area contributed by atoms with E-state index in [2.05, 4.69) is 5.32 Å². The first-order valence-electron chi connectivity index (χ1n) is 5.13. The van der Waals surface area contributed by atoms with E-state index in [1.54, 1.807) is 7.05 Å². The van der Waals surface area contributed by atoms with Crippen LogP contribution in [0, 0.1) is 0 Å². The molecule has 86 valence electrons. The minimum atomic E-state index is -0.633. The second-order valence-electron chi connectivity index (χ2n) is 4.45. The minimum absolute atomic E-state index is 0.00578. The Kier molecular flexibility index (Phi) is 2.58. The lowest BCUT2D eigenvalue weighted by Crippen LogP contribution is -2.46. The molecule has 2 saturated heterocycles. The number of nitrogens with one attached hydrogen (secondary N) is 1. The van der Waals surface area contributed by atoms with Crippen molar-refractivity contribution >= 4 is 5.78 Å². The standard InChI is InChI=1S/C10H17NO4/c1-5(12)7-6(11-4)8-9(13-7)15-10(2,3)14-8/h6-9,11H,1-4H3/t6?,7-,8+,9+/m1/s1. The summed E-state index contributed by atoms with van der Waals surface area (Å²) in [5.74, 6) is -0.639. The number of ether oxygens (including phenoxy) is 3. The lowest BCUT2D eigenvalue weighted by atomic mass is 10.1. The zero-order chi connectivity index (χ0) is 11.2. The number of rotatable bonds is 2. The van der Waals surface area contributed by atoms with Gasteiger partial charge < -0.3 is 19.5 Å². The molecule has 2 aliphatic rings. The second kappa shape index (κ2) is 3.52. The number of carbonyl (C=O) groups excluding carboxylic acids is 1. The highest BCUT2D eigenvalue weighted by molar-refractivity contribution is 5.81. The van der Waals surface area contributed by atoms with Crippen LogP contribution in [0.2, 0.25) is 0 Å². The Morgan fingerprint density at radius 3 is 2.53 bits per heavy atom. The van der Waals surface area contributed by atoms with Gasteiger partial charge in [0.05, 0.1) is 6.04 Å². The molecule has 1 N–H and O–H groups in total. The fourth-order valence-corrected chi connectivity index (χ4v) is 2.17. The normalized spacial score (nSPS) is 42.9. The monoisotopic (exact) mass is 215 g/mol. The number of hydrogen-bond acceptors (Lipinski definition) is 5. The largest absolute Gasteiger partial charge is 0.340 e. The molecule has 0 amide bonds. The number of Topliss-reactive ketones (excluding diaryl/α,β-unsaturated/α-hetero) is 1. The maximum Gasteiger partial charge on any atom is 0.189 e. The molecule has 0 spiro atoms. The fourth-order valence-electron chi connectivity index (χ4n) is 2.17. The van der Waals surface area contributed by atoms with E-state index in [4.69, 9.17) is 14.2 Å². The van der Waals surface area contributed by atoms with Crippen LogP contribution in [0.25, 0.3) is 0 Å². The first kappa shape index (κ1) is 11.0. The van der Waals surface area contributed by atoms with Crippen molar-refractivity contribution in [2.24, 2.45) is 0 Å². The van der Waals surface area contributed by atoms with Gasteiger partial charge in [-0.15, -0.1) is 0 Å². The van der Waals surface area contributed by atoms with Crippen LogP contribution >= 0.6 is 0 Å². The summed E-state index contributed by atoms with van der Waals surface area (Å²) >= 11 is 0. The molecule has 2 fully saturated rings. The van der Waals surface area contributed by atoms with Gasteiger partial charge in [0.2, 0.25) is 0 Å². The molecule has 5 heteroatoms. The first-order chi connectivity index (χ1) is 6.94. The maximum atomic E-state index is 11.3. The summed E-state index contributed by atoms with van der Waals surface area (Å²) in [5.41, 5.74) is 0. The molecule has 1 unspecified atom stereocenters. The van der Waals surface area contributed by atoms with E-state index >= 15 is 0 Å². The van der Waals surface area contributed by atoms with E-state index in [-0.39, 0.29) is 17.9 Å². The lowest BCUT2D eigenvalue weighted by Gasteiger charge is -2.24. The van der Waals surface area contributed by atoms with Gasteiger partial charge in [0.1, 0.15) is 12.2 Å². The molecule has 4 atom stereocenters. The Balaban J connectivity index is 2.15. The van der Waals surface area contributed by atoms with Crippen molar-refractivity contribution in [2.75, 3.05) is 7.05 Å². The van der Waals surface area contributed by atoms with Crippen LogP contribution in [0.1, 0.15) is 20.8 Å². The smallest absolute Gasteiger partial charge is 0.189 e. The van der Waals surface area contributed by atoms with Crippen molar-refractivity contribution in [1.82, 2.24) is 5.32 Å². The molecular formula is C10H17NO4. The third-order valence-corrected chi connectivity index (χ3v) is 2.78. The predicted molar refractivity (Wildman–Crippen MR) is 52.2 cm³/mol. The van der Waals surface area contributed by atoms with Gasteiger partial charge in [-0.1, -0.05) is 0 Å². The number of fused-ring (bicyclic) bond motifs is 1. The summed E-state index contributed by atoms with van der Waals surface area (Å²) < 4.78 is 16.8. The summed E-state index contributed by atoms with van der Waals surface area (Å²) in [6.45, 7) is 5.19. The van der Waals surface area contributed by atoms with Crippen molar-refractivity contribution in [3.05, 3.63) is 0 Å². The van der Waals surface area contributed by atoms with E-state index in [9.17, 15) is 4.79 Å². The van der Waals surface area contributed by atoms with Crippen molar-refractivity contribution < 1.29 is 19.0 Å². The Labute approximate surface area is 89.1 Å². The van der Waals surface area contributed by atoms with Gasteiger partial charge in [-0.3, -0.25) is 4.79 Å². The molecule has 0 aromatic heterocycles. The van der Waals surface area contributed by atoms with Crippen LogP contribution < -0.4 is 5.32 Å². The Morgan fingerprint density at radius 2 is 2.00 bits per heavy atom. The predicted octanol–water partition coefficient (Wildman–Crippen LogP) is 0.0398. The fraction of sp³-hybridized carbons (Fsp3) is 0.900. The highest BCUT2D eigenvalue weighted by atomic mass is 16.8. The highest BCUT2D eigenvalue weighted by Gasteiger charge is 2.55. The summed E-state index contributed by atoms with van der Waals surface area (Å²) in [7, 11) is 1.79. The van der Waals surface area contributed by atoms with E-state index in [0.717, 1.165) is 0 Å². The Hall–Kier alpha value is -0.490. The summed E-state index contributed by atoms with van der Waals surface area (Å²) in [6.07, 6.45) is -1.12. The molecule has 0 aromatic carbocycles. The molecule has 5 nitrogen and oxygen atoms in total. The molecule has 2 aliphatic heterocycles. The SMILES string of the molecule is CNC1[C@@H](C(C)=O)O[C@H]2OC(C)(C)O[C@@H]12. The maximum absolute atomic E-state index is 11.3. The first-order valence-corrected chi connectivity index (χ1v) is 5.13. The third-order valence-electron chi connectivity index (χ3n) is 2.78. The molecule has 0 bridgehead atoms. The molecule has 2 heterocycles. The summed E-state index contributed by atoms with van der Waals surface area (Å²) in [4.78, 5) is 11.3. The number of ketones is 1. The van der Waals surface area contributed by atoms with Crippen molar-refractivity contribution in [3.8, 4) is 0 Å². The van der Waals surface area contributed by atoms with Gasteiger partial charge in [0, 0.05) is 0 Å². The van der Waals surface area contributed by atoms with Crippen molar-refractivity contribution in [2.45, 2.75) is 51.1 Å². The summed E-state index contributed by atoms with van der Waals surface area (Å²) in [6, 6.07) is -0.130. The minimum Gasteiger partial charge on any atom is -0.340 e. The zero-order valence-electron chi connectivity index (χ0n) is 9.44. The van der Waals surface area contributed by atoms with Crippen LogP contribution in [-0.4, -0.2) is 43.2 Å². The number of carbonyl (C=O) groups is 1. The number of likely N-dealkylation sites (N-methyl/N-ethyl adjacent to an activating group) is 1. The zero-order valence-corrected chi connectivity index (χ0v) is 9.44. The van der Waals surface area contributed by atoms with Gasteiger partial charge in [0.25, 0.3) is 0 Å². The van der Waals surface area contributed by atoms with Gasteiger partial charge in [-0.05, 0) is 27.8 Å². The van der Waals surface area contributed by atoms with Crippen LogP contribution in [-0.2, 0) is 19.0 Å². The number of hydrogen-bond donors (Lipinski definition) is 1.